The van der Waals surface area contributed by atoms with Crippen molar-refractivity contribution in [1.82, 2.24) is 5.32 Å². The topological polar surface area (TPSA) is 98.0 Å². The van der Waals surface area contributed by atoms with E-state index in [2.05, 4.69) is 5.32 Å². The van der Waals surface area contributed by atoms with Gasteiger partial charge in [-0.05, 0) is 19.1 Å². The summed E-state index contributed by atoms with van der Waals surface area (Å²) in [6.45, 7) is 3.01. The van der Waals surface area contributed by atoms with Crippen molar-refractivity contribution in [1.29, 1.82) is 0 Å². The van der Waals surface area contributed by atoms with Crippen LogP contribution in [0.15, 0.2) is 54.6 Å². The first-order valence-corrected chi connectivity index (χ1v) is 7.74. The Balaban J connectivity index is 1.92. The third kappa shape index (κ3) is 5.40. The Kier molecular flexibility index (Phi) is 6.33. The van der Waals surface area contributed by atoms with Crippen LogP contribution in [0, 0.1) is 6.92 Å². The fraction of sp³-hybridized carbons (Fsp3) is 0.222. The third-order valence-corrected chi connectivity index (χ3v) is 3.50. The lowest BCUT2D eigenvalue weighted by molar-refractivity contribution is -0.683. The normalized spacial score (nSPS) is 11.5. The summed E-state index contributed by atoms with van der Waals surface area (Å²) in [4.78, 5) is 23.1. The van der Waals surface area contributed by atoms with Crippen LogP contribution in [0.25, 0.3) is 0 Å². The highest BCUT2D eigenvalue weighted by atomic mass is 16.5. The largest absolute Gasteiger partial charge is 0.488 e. The Morgan fingerprint density at radius 2 is 1.79 bits per heavy atom. The van der Waals surface area contributed by atoms with E-state index >= 15 is 0 Å². The number of benzene rings is 2. The van der Waals surface area contributed by atoms with Crippen LogP contribution in [0.5, 0.6) is 5.75 Å². The summed E-state index contributed by atoms with van der Waals surface area (Å²) in [5, 5.41) is 3.96. The molecule has 0 aliphatic heterocycles. The molecule has 0 fully saturated rings. The molecule has 6 heteroatoms. The number of aryl methyl sites for hydroxylation is 1. The molecule has 24 heavy (non-hydrogen) atoms. The number of urea groups is 1. The number of nitrogens with two attached hydrogens (primary N) is 2. The number of quaternary nitrogens is 1. The van der Waals surface area contributed by atoms with Crippen LogP contribution < -0.4 is 21.1 Å². The van der Waals surface area contributed by atoms with E-state index in [0.29, 0.717) is 13.2 Å². The molecular weight excluding hydrogens is 306 g/mol. The van der Waals surface area contributed by atoms with Crippen LogP contribution in [-0.2, 0) is 4.79 Å². The minimum atomic E-state index is -0.856. The second-order valence-corrected chi connectivity index (χ2v) is 5.43. The van der Waals surface area contributed by atoms with Gasteiger partial charge in [0, 0.05) is 5.56 Å². The van der Waals surface area contributed by atoms with Crippen molar-refractivity contribution in [2.45, 2.75) is 13.0 Å². The fourth-order valence-electron chi connectivity index (χ4n) is 2.30. The Morgan fingerprint density at radius 3 is 2.42 bits per heavy atom. The molecular formula is C18H22N3O3+. The molecule has 6 nitrogen and oxygen atoms in total. The summed E-state index contributed by atoms with van der Waals surface area (Å²) in [5.74, 6) is 0.343. The van der Waals surface area contributed by atoms with Gasteiger partial charge in [0.15, 0.2) is 6.04 Å². The average molecular weight is 328 g/mol. The highest BCUT2D eigenvalue weighted by molar-refractivity contribution is 5.96. The van der Waals surface area contributed by atoms with Gasteiger partial charge in [0.1, 0.15) is 18.9 Å². The third-order valence-electron chi connectivity index (χ3n) is 3.50. The lowest BCUT2D eigenvalue weighted by Gasteiger charge is -2.15. The first kappa shape index (κ1) is 17.5. The van der Waals surface area contributed by atoms with Crippen molar-refractivity contribution in [2.24, 2.45) is 5.73 Å². The molecule has 2 aromatic rings. The van der Waals surface area contributed by atoms with Gasteiger partial charge in [0.25, 0.3) is 5.91 Å². The van der Waals surface area contributed by atoms with Crippen LogP contribution in [-0.4, -0.2) is 25.1 Å². The molecule has 5 N–H and O–H groups in total. The maximum atomic E-state index is 12.2. The quantitative estimate of drug-likeness (QED) is 0.658. The second kappa shape index (κ2) is 8.69. The van der Waals surface area contributed by atoms with Crippen molar-refractivity contribution in [3.8, 4) is 5.75 Å². The Morgan fingerprint density at radius 1 is 1.12 bits per heavy atom. The predicted octanol–water partition coefficient (Wildman–Crippen LogP) is 0.873. The van der Waals surface area contributed by atoms with E-state index in [-0.39, 0.29) is 0 Å². The molecule has 0 spiro atoms. The van der Waals surface area contributed by atoms with Crippen molar-refractivity contribution < 1.29 is 19.6 Å². The number of primary amides is 1. The van der Waals surface area contributed by atoms with Gasteiger partial charge >= 0.3 is 6.03 Å². The first-order chi connectivity index (χ1) is 11.6. The summed E-state index contributed by atoms with van der Waals surface area (Å²) >= 11 is 0. The van der Waals surface area contributed by atoms with E-state index < -0.39 is 18.0 Å². The monoisotopic (exact) mass is 328 g/mol. The molecule has 0 heterocycles. The fourth-order valence-corrected chi connectivity index (χ4v) is 2.30. The molecule has 0 unspecified atom stereocenters. The maximum Gasteiger partial charge on any atom is 0.319 e. The van der Waals surface area contributed by atoms with Crippen molar-refractivity contribution in [3.63, 3.8) is 0 Å². The molecule has 0 aliphatic rings. The number of amides is 3. The zero-order chi connectivity index (χ0) is 17.4. The predicted molar refractivity (Wildman–Crippen MR) is 90.4 cm³/mol. The molecule has 0 bridgehead atoms. The number of rotatable bonds is 7. The highest BCUT2D eigenvalue weighted by Gasteiger charge is 2.24. The van der Waals surface area contributed by atoms with E-state index in [1.807, 2.05) is 66.8 Å². The number of ether oxygens (including phenoxy) is 1. The molecule has 0 aliphatic carbocycles. The molecule has 0 aromatic heterocycles. The van der Waals surface area contributed by atoms with Gasteiger partial charge in [-0.3, -0.25) is 10.1 Å². The number of hydrogen-bond acceptors (Lipinski definition) is 3. The van der Waals surface area contributed by atoms with E-state index in [4.69, 9.17) is 10.5 Å². The number of carbonyl (C=O) groups is 2. The van der Waals surface area contributed by atoms with Crippen LogP contribution in [0.2, 0.25) is 0 Å². The molecule has 0 radical (unpaired) electrons. The SMILES string of the molecule is Cc1ccc(OCC[NH2+][C@H](C(=O)NC(N)=O)c2ccccc2)cc1. The standard InChI is InChI=1S/C18H21N3O3/c1-13-7-9-15(10-8-13)24-12-11-20-16(17(22)21-18(19)23)14-5-3-2-4-6-14/h2-10,16,20H,11-12H2,1H3,(H3,19,21,22,23)/p+1/t16-/m0/s1. The van der Waals surface area contributed by atoms with Crippen molar-refractivity contribution in [3.05, 3.63) is 65.7 Å². The second-order valence-electron chi connectivity index (χ2n) is 5.43. The Labute approximate surface area is 141 Å². The minimum Gasteiger partial charge on any atom is -0.488 e. The minimum absolute atomic E-state index is 0.441. The lowest BCUT2D eigenvalue weighted by Crippen LogP contribution is -2.88. The Hall–Kier alpha value is -2.86. The average Bonchev–Trinajstić information content (AvgIpc) is 2.56. The van der Waals surface area contributed by atoms with Crippen LogP contribution in [0.3, 0.4) is 0 Å². The van der Waals surface area contributed by atoms with E-state index in [9.17, 15) is 9.59 Å². The maximum absolute atomic E-state index is 12.2. The zero-order valence-electron chi connectivity index (χ0n) is 13.6. The van der Waals surface area contributed by atoms with E-state index in [0.717, 1.165) is 11.3 Å². The van der Waals surface area contributed by atoms with Crippen LogP contribution >= 0.6 is 0 Å². The molecule has 2 rings (SSSR count). The molecule has 1 atom stereocenters. The van der Waals surface area contributed by atoms with Gasteiger partial charge in [-0.25, -0.2) is 4.79 Å². The number of nitrogens with one attached hydrogen (secondary N) is 1. The van der Waals surface area contributed by atoms with Crippen molar-refractivity contribution >= 4 is 11.9 Å². The number of carbonyl (C=O) groups excluding carboxylic acids is 2. The Bertz CT molecular complexity index is 672. The summed E-state index contributed by atoms with van der Waals surface area (Å²) < 4.78 is 5.65. The number of hydrogen-bond donors (Lipinski definition) is 3. The molecule has 3 amide bonds. The van der Waals surface area contributed by atoms with Gasteiger partial charge < -0.3 is 15.8 Å². The summed E-state index contributed by atoms with van der Waals surface area (Å²) in [6, 6.07) is 15.6. The number of imide groups is 1. The summed E-state index contributed by atoms with van der Waals surface area (Å²) in [7, 11) is 0. The molecule has 126 valence electrons. The van der Waals surface area contributed by atoms with Gasteiger partial charge in [-0.2, -0.15) is 0 Å². The van der Waals surface area contributed by atoms with Gasteiger partial charge in [0.05, 0.1) is 0 Å². The lowest BCUT2D eigenvalue weighted by atomic mass is 10.1. The highest BCUT2D eigenvalue weighted by Crippen LogP contribution is 2.11. The van der Waals surface area contributed by atoms with Crippen LogP contribution in [0.4, 0.5) is 4.79 Å². The molecule has 0 saturated heterocycles. The van der Waals surface area contributed by atoms with E-state index in [1.54, 1.807) is 0 Å². The summed E-state index contributed by atoms with van der Waals surface area (Å²) in [5.41, 5.74) is 7.01. The van der Waals surface area contributed by atoms with Gasteiger partial charge in [-0.15, -0.1) is 0 Å². The first-order valence-electron chi connectivity index (χ1n) is 7.74. The van der Waals surface area contributed by atoms with Crippen molar-refractivity contribution in [2.75, 3.05) is 13.2 Å². The van der Waals surface area contributed by atoms with E-state index in [1.165, 1.54) is 5.56 Å². The molecule has 0 saturated carbocycles. The molecule has 2 aromatic carbocycles. The van der Waals surface area contributed by atoms with Gasteiger partial charge in [-0.1, -0.05) is 48.0 Å². The van der Waals surface area contributed by atoms with Gasteiger partial charge in [0.2, 0.25) is 0 Å². The smallest absolute Gasteiger partial charge is 0.319 e. The zero-order valence-corrected chi connectivity index (χ0v) is 13.6. The van der Waals surface area contributed by atoms with Crippen LogP contribution in [0.1, 0.15) is 17.2 Å². The summed E-state index contributed by atoms with van der Waals surface area (Å²) in [6.07, 6.45) is 0.